The van der Waals surface area contributed by atoms with E-state index in [4.69, 9.17) is 15.6 Å². The zero-order valence-corrected chi connectivity index (χ0v) is 15.2. The standard InChI is InChI=1S/C17H16F2N4O4S/c18-14-5-11(23-8-12(7-22-9-20)27-17(23)24)6-15(19)16(14)10-1-3-13(4-2-10)28(21,25)26/h1-6,9,12H,7-8H2,(H2,20,22)(H2,21,25,26). The van der Waals surface area contributed by atoms with Crippen LogP contribution in [0.2, 0.25) is 0 Å². The van der Waals surface area contributed by atoms with Gasteiger partial charge >= 0.3 is 6.09 Å². The largest absolute Gasteiger partial charge is 0.442 e. The van der Waals surface area contributed by atoms with Crippen LogP contribution in [0.3, 0.4) is 0 Å². The third-order valence-electron chi connectivity index (χ3n) is 4.10. The minimum atomic E-state index is -3.92. The lowest BCUT2D eigenvalue weighted by Crippen LogP contribution is -2.25. The summed E-state index contributed by atoms with van der Waals surface area (Å²) in [6.07, 6.45) is -0.253. The molecule has 0 spiro atoms. The molecule has 0 radical (unpaired) electrons. The van der Waals surface area contributed by atoms with Crippen molar-refractivity contribution in [1.82, 2.24) is 0 Å². The lowest BCUT2D eigenvalue weighted by Gasteiger charge is -2.15. The number of carbonyl (C=O) groups is 1. The van der Waals surface area contributed by atoms with E-state index in [2.05, 4.69) is 4.99 Å². The van der Waals surface area contributed by atoms with E-state index in [0.29, 0.717) is 0 Å². The number of primary sulfonamides is 1. The number of rotatable bonds is 5. The monoisotopic (exact) mass is 410 g/mol. The van der Waals surface area contributed by atoms with Crippen LogP contribution in [0.4, 0.5) is 19.3 Å². The Kier molecular flexibility index (Phi) is 5.29. The molecule has 28 heavy (non-hydrogen) atoms. The van der Waals surface area contributed by atoms with Crippen molar-refractivity contribution in [2.24, 2.45) is 15.9 Å². The number of amides is 1. The van der Waals surface area contributed by atoms with Crippen molar-refractivity contribution < 1.29 is 26.7 Å². The summed E-state index contributed by atoms with van der Waals surface area (Å²) in [5.41, 5.74) is 4.90. The number of hydrogen-bond acceptors (Lipinski definition) is 5. The maximum absolute atomic E-state index is 14.6. The Balaban J connectivity index is 1.90. The van der Waals surface area contributed by atoms with E-state index >= 15 is 0 Å². The second-order valence-electron chi connectivity index (χ2n) is 5.98. The van der Waals surface area contributed by atoms with Crippen molar-refractivity contribution in [2.75, 3.05) is 18.0 Å². The fraction of sp³-hybridized carbons (Fsp3) is 0.176. The van der Waals surface area contributed by atoms with Gasteiger partial charge in [0.2, 0.25) is 10.0 Å². The number of anilines is 1. The third kappa shape index (κ3) is 3.94. The number of carbonyl (C=O) groups excluding carboxylic acids is 1. The quantitative estimate of drug-likeness (QED) is 0.571. The number of nitrogens with two attached hydrogens (primary N) is 2. The molecule has 1 fully saturated rings. The second-order valence-corrected chi connectivity index (χ2v) is 7.55. The van der Waals surface area contributed by atoms with Gasteiger partial charge in [0.15, 0.2) is 0 Å². The van der Waals surface area contributed by atoms with E-state index in [-0.39, 0.29) is 34.8 Å². The minimum Gasteiger partial charge on any atom is -0.442 e. The zero-order chi connectivity index (χ0) is 20.5. The Morgan fingerprint density at radius 3 is 2.36 bits per heavy atom. The Morgan fingerprint density at radius 2 is 1.82 bits per heavy atom. The highest BCUT2D eigenvalue weighted by molar-refractivity contribution is 7.89. The lowest BCUT2D eigenvalue weighted by molar-refractivity contribution is 0.145. The maximum Gasteiger partial charge on any atom is 0.414 e. The van der Waals surface area contributed by atoms with Gasteiger partial charge in [-0.3, -0.25) is 9.89 Å². The average Bonchev–Trinajstić information content (AvgIpc) is 2.99. The molecule has 2 aromatic carbocycles. The highest BCUT2D eigenvalue weighted by Gasteiger charge is 2.33. The molecule has 8 nitrogen and oxygen atoms in total. The van der Waals surface area contributed by atoms with Gasteiger partial charge in [-0.15, -0.1) is 0 Å². The molecule has 148 valence electrons. The number of aliphatic imine (C=N–C) groups is 1. The van der Waals surface area contributed by atoms with E-state index in [1.165, 1.54) is 12.1 Å². The van der Waals surface area contributed by atoms with Gasteiger partial charge in [0, 0.05) is 0 Å². The topological polar surface area (TPSA) is 128 Å². The molecule has 0 aromatic heterocycles. The van der Waals surface area contributed by atoms with E-state index in [9.17, 15) is 22.0 Å². The summed E-state index contributed by atoms with van der Waals surface area (Å²) in [6.45, 7) is 0.204. The summed E-state index contributed by atoms with van der Waals surface area (Å²) < 4.78 is 56.9. The molecule has 1 atom stereocenters. The molecule has 0 saturated carbocycles. The summed E-state index contributed by atoms with van der Waals surface area (Å²) in [4.78, 5) is 16.7. The molecule has 2 aromatic rings. The maximum atomic E-state index is 14.6. The predicted octanol–water partition coefficient (Wildman–Crippen LogP) is 1.59. The van der Waals surface area contributed by atoms with Crippen molar-refractivity contribution in [2.45, 2.75) is 11.0 Å². The van der Waals surface area contributed by atoms with E-state index in [0.717, 1.165) is 35.5 Å². The summed E-state index contributed by atoms with van der Waals surface area (Å²) in [7, 11) is -3.92. The first kappa shape index (κ1) is 19.7. The molecule has 1 unspecified atom stereocenters. The average molecular weight is 410 g/mol. The van der Waals surface area contributed by atoms with Gasteiger partial charge in [-0.1, -0.05) is 12.1 Å². The van der Waals surface area contributed by atoms with Crippen molar-refractivity contribution in [1.29, 1.82) is 0 Å². The normalized spacial score (nSPS) is 17.3. The molecule has 1 amide bonds. The number of cyclic esters (lactones) is 1. The fourth-order valence-corrected chi connectivity index (χ4v) is 3.32. The van der Waals surface area contributed by atoms with Crippen LogP contribution >= 0.6 is 0 Å². The molecule has 11 heteroatoms. The van der Waals surface area contributed by atoms with E-state index < -0.39 is 33.9 Å². The van der Waals surface area contributed by atoms with Gasteiger partial charge in [0.25, 0.3) is 0 Å². The third-order valence-corrected chi connectivity index (χ3v) is 5.03. The molecule has 0 bridgehead atoms. The van der Waals surface area contributed by atoms with Crippen LogP contribution in [0.15, 0.2) is 46.3 Å². The van der Waals surface area contributed by atoms with Gasteiger partial charge < -0.3 is 10.5 Å². The predicted molar refractivity (Wildman–Crippen MR) is 98.3 cm³/mol. The summed E-state index contributed by atoms with van der Waals surface area (Å²) in [5.74, 6) is -1.84. The Bertz CT molecular complexity index is 1020. The van der Waals surface area contributed by atoms with Crippen LogP contribution in [-0.2, 0) is 14.8 Å². The number of ether oxygens (including phenoxy) is 1. The van der Waals surface area contributed by atoms with Gasteiger partial charge in [-0.2, -0.15) is 0 Å². The second kappa shape index (κ2) is 7.52. The van der Waals surface area contributed by atoms with Crippen molar-refractivity contribution in [3.63, 3.8) is 0 Å². The molecule has 3 rings (SSSR count). The Labute approximate surface area is 159 Å². The number of benzene rings is 2. The fourth-order valence-electron chi connectivity index (χ4n) is 2.81. The molecule has 1 saturated heterocycles. The highest BCUT2D eigenvalue weighted by atomic mass is 32.2. The number of sulfonamides is 1. The van der Waals surface area contributed by atoms with Gasteiger partial charge in [-0.05, 0) is 29.8 Å². The van der Waals surface area contributed by atoms with Crippen LogP contribution in [0.1, 0.15) is 0 Å². The SMILES string of the molecule is NC=NCC1CN(c2cc(F)c(-c3ccc(S(N)(=O)=O)cc3)c(F)c2)C(=O)O1. The first-order valence-corrected chi connectivity index (χ1v) is 9.56. The van der Waals surface area contributed by atoms with Crippen LogP contribution < -0.4 is 15.8 Å². The summed E-state index contributed by atoms with van der Waals surface area (Å²) in [6, 6.07) is 6.79. The van der Waals surface area contributed by atoms with Crippen LogP contribution in [-0.4, -0.2) is 40.0 Å². The first-order valence-electron chi connectivity index (χ1n) is 8.01. The van der Waals surface area contributed by atoms with E-state index in [1.54, 1.807) is 0 Å². The number of hydrogen-bond donors (Lipinski definition) is 2. The molecule has 1 heterocycles. The highest BCUT2D eigenvalue weighted by Crippen LogP contribution is 2.32. The molecule has 1 aliphatic rings. The number of halogens is 2. The van der Waals surface area contributed by atoms with Gasteiger partial charge in [0.1, 0.15) is 17.7 Å². The smallest absolute Gasteiger partial charge is 0.414 e. The van der Waals surface area contributed by atoms with Crippen molar-refractivity contribution in [3.8, 4) is 11.1 Å². The lowest BCUT2D eigenvalue weighted by atomic mass is 10.0. The van der Waals surface area contributed by atoms with Gasteiger partial charge in [-0.25, -0.2) is 27.1 Å². The van der Waals surface area contributed by atoms with Crippen LogP contribution in [0.25, 0.3) is 11.1 Å². The van der Waals surface area contributed by atoms with Crippen molar-refractivity contribution >= 4 is 28.1 Å². The minimum absolute atomic E-state index is 0.0101. The molecule has 0 aliphatic carbocycles. The Hall–Kier alpha value is -3.05. The zero-order valence-electron chi connectivity index (χ0n) is 14.4. The Morgan fingerprint density at radius 1 is 1.21 bits per heavy atom. The van der Waals surface area contributed by atoms with Crippen molar-refractivity contribution in [3.05, 3.63) is 48.0 Å². The van der Waals surface area contributed by atoms with Gasteiger partial charge in [0.05, 0.1) is 35.6 Å². The first-order chi connectivity index (χ1) is 13.2. The molecular weight excluding hydrogens is 394 g/mol. The van der Waals surface area contributed by atoms with Crippen LogP contribution in [0, 0.1) is 11.6 Å². The molecular formula is C17H16F2N4O4S. The summed E-state index contributed by atoms with van der Waals surface area (Å²) in [5, 5.41) is 5.01. The number of nitrogens with zero attached hydrogens (tertiary/aromatic N) is 2. The van der Waals surface area contributed by atoms with E-state index in [1.807, 2.05) is 0 Å². The molecule has 4 N–H and O–H groups in total. The molecule has 1 aliphatic heterocycles. The van der Waals surface area contributed by atoms with Crippen LogP contribution in [0.5, 0.6) is 0 Å². The summed E-state index contributed by atoms with van der Waals surface area (Å²) >= 11 is 0.